The van der Waals surface area contributed by atoms with Crippen molar-refractivity contribution in [2.45, 2.75) is 173 Å². The molecule has 0 aromatic rings. The van der Waals surface area contributed by atoms with Gasteiger partial charge in [0.25, 0.3) is 0 Å². The molecule has 12 nitrogen and oxygen atoms in total. The second-order valence-corrected chi connectivity index (χ2v) is 15.1. The normalized spacial score (nSPS) is 14.9. The number of carbonyl (C=O) groups is 3. The van der Waals surface area contributed by atoms with Crippen molar-refractivity contribution < 1.29 is 52.6 Å². The Hall–Kier alpha value is -2.60. The molecule has 5 N–H and O–H groups in total. The van der Waals surface area contributed by atoms with Gasteiger partial charge in [0.15, 0.2) is 6.10 Å². The fourth-order valence-corrected chi connectivity index (χ4v) is 5.95. The fourth-order valence-electron chi connectivity index (χ4n) is 5.17. The highest BCUT2D eigenvalue weighted by Gasteiger charge is 2.28. The molecule has 0 saturated carbocycles. The maximum absolute atomic E-state index is 12.6. The summed E-state index contributed by atoms with van der Waals surface area (Å²) in [7, 11) is -4.74. The number of phosphoric acid groups is 1. The molecule has 0 aromatic heterocycles. The number of hydrogen-bond donors (Lipinski definition) is 4. The van der Waals surface area contributed by atoms with Crippen LogP contribution in [0.4, 0.5) is 0 Å². The van der Waals surface area contributed by atoms with Crippen molar-refractivity contribution in [2.75, 3.05) is 19.8 Å². The number of carboxylic acid groups (broad SMARTS) is 1. The van der Waals surface area contributed by atoms with Crippen LogP contribution in [0.1, 0.15) is 155 Å². The lowest BCUT2D eigenvalue weighted by atomic mass is 10.0. The van der Waals surface area contributed by atoms with Crippen LogP contribution < -0.4 is 5.73 Å². The Bertz CT molecular complexity index is 1120. The molecular formula is C41H72NO11P. The highest BCUT2D eigenvalue weighted by atomic mass is 31.2. The van der Waals surface area contributed by atoms with E-state index < -0.39 is 57.2 Å². The van der Waals surface area contributed by atoms with Gasteiger partial charge >= 0.3 is 25.7 Å². The summed E-state index contributed by atoms with van der Waals surface area (Å²) in [6, 6.07) is -1.54. The van der Waals surface area contributed by atoms with E-state index in [-0.39, 0.29) is 19.4 Å². The van der Waals surface area contributed by atoms with E-state index in [2.05, 4.69) is 18.4 Å². The zero-order valence-electron chi connectivity index (χ0n) is 33.2. The molecule has 0 bridgehead atoms. The van der Waals surface area contributed by atoms with Gasteiger partial charge in [0.05, 0.1) is 19.3 Å². The minimum Gasteiger partial charge on any atom is -0.480 e. The molecule has 0 fully saturated rings. The quantitative estimate of drug-likeness (QED) is 0.0154. The molecule has 0 spiro atoms. The molecule has 0 amide bonds. The Morgan fingerprint density at radius 1 is 0.667 bits per heavy atom. The van der Waals surface area contributed by atoms with Crippen LogP contribution in [0.3, 0.4) is 0 Å². The molecule has 0 aliphatic carbocycles. The Balaban J connectivity index is 4.56. The summed E-state index contributed by atoms with van der Waals surface area (Å²) in [5, 5.41) is 18.7. The van der Waals surface area contributed by atoms with Gasteiger partial charge in [0, 0.05) is 12.8 Å². The van der Waals surface area contributed by atoms with E-state index in [1.807, 2.05) is 48.6 Å². The first-order valence-electron chi connectivity index (χ1n) is 20.3. The van der Waals surface area contributed by atoms with Crippen molar-refractivity contribution in [3.63, 3.8) is 0 Å². The molecule has 312 valence electrons. The molecule has 4 atom stereocenters. The van der Waals surface area contributed by atoms with Gasteiger partial charge in [0.2, 0.25) is 0 Å². The number of unbranched alkanes of at least 4 members (excludes halogenated alkanes) is 14. The topological polar surface area (TPSA) is 192 Å². The van der Waals surface area contributed by atoms with E-state index in [9.17, 15) is 28.9 Å². The number of hydrogen-bond acceptors (Lipinski definition) is 10. The van der Waals surface area contributed by atoms with Crippen molar-refractivity contribution >= 4 is 25.7 Å². The van der Waals surface area contributed by atoms with Gasteiger partial charge in [-0.05, 0) is 38.5 Å². The predicted octanol–water partition coefficient (Wildman–Crippen LogP) is 9.19. The standard InChI is InChI=1S/C41H72NO11P/c1-3-5-7-8-9-10-11-14-17-20-23-27-31-39(44)50-33-37(34-51-54(48,49)52-35-38(42)41(46)47)53-40(45)32-28-24-21-18-15-12-13-16-19-22-26-30-36(43)29-25-6-4-2/h12-13,18-19,21-22,26,30,36-38,43H,3-11,14-17,20,23-25,27-29,31-35,42H2,1-2H3,(H,46,47)(H,48,49)/b13-12-,21-18-,22-19-,30-26+/t36-,37+,38-/m0/s1. The van der Waals surface area contributed by atoms with Crippen LogP contribution in [-0.4, -0.2) is 71.1 Å². The van der Waals surface area contributed by atoms with Crippen molar-refractivity contribution in [1.82, 2.24) is 0 Å². The molecule has 54 heavy (non-hydrogen) atoms. The Kier molecular flexibility index (Phi) is 34.3. The SMILES string of the molecule is CCCCCCCCCCCCCCC(=O)OC[C@H](COP(=O)(O)OC[C@H](N)C(=O)O)OC(=O)CCC/C=C\C/C=C\C/C=C\C=C\[C@@H](O)CCCCC. The maximum atomic E-state index is 12.6. The number of rotatable bonds is 37. The number of allylic oxidation sites excluding steroid dienone is 7. The Morgan fingerprint density at radius 3 is 1.83 bits per heavy atom. The number of carboxylic acids is 1. The zero-order valence-corrected chi connectivity index (χ0v) is 34.1. The minimum atomic E-state index is -4.74. The van der Waals surface area contributed by atoms with Crippen LogP contribution in [0, 0.1) is 0 Å². The van der Waals surface area contributed by atoms with Gasteiger partial charge in [-0.15, -0.1) is 0 Å². The highest BCUT2D eigenvalue weighted by molar-refractivity contribution is 7.47. The predicted molar refractivity (Wildman–Crippen MR) is 214 cm³/mol. The van der Waals surface area contributed by atoms with Crippen LogP contribution in [0.15, 0.2) is 48.6 Å². The van der Waals surface area contributed by atoms with Gasteiger partial charge in [-0.25, -0.2) is 4.57 Å². The number of aliphatic hydroxyl groups is 1. The number of aliphatic carboxylic acids is 1. The Morgan fingerprint density at radius 2 is 1.20 bits per heavy atom. The molecule has 0 saturated heterocycles. The van der Waals surface area contributed by atoms with Crippen LogP contribution in [0.2, 0.25) is 0 Å². The van der Waals surface area contributed by atoms with Crippen molar-refractivity contribution in [3.05, 3.63) is 48.6 Å². The molecule has 0 radical (unpaired) electrons. The number of carbonyl (C=O) groups excluding carboxylic acids is 2. The minimum absolute atomic E-state index is 0.0653. The Labute approximate surface area is 325 Å². The maximum Gasteiger partial charge on any atom is 0.472 e. The van der Waals surface area contributed by atoms with E-state index in [4.69, 9.17) is 24.8 Å². The summed E-state index contributed by atoms with van der Waals surface area (Å²) in [6.07, 6.45) is 35.1. The molecule has 13 heteroatoms. The summed E-state index contributed by atoms with van der Waals surface area (Å²) >= 11 is 0. The van der Waals surface area contributed by atoms with Crippen LogP contribution in [0.25, 0.3) is 0 Å². The number of aliphatic hydroxyl groups excluding tert-OH is 1. The molecule has 0 heterocycles. The lowest BCUT2D eigenvalue weighted by molar-refractivity contribution is -0.161. The first-order valence-corrected chi connectivity index (χ1v) is 21.8. The van der Waals surface area contributed by atoms with E-state index >= 15 is 0 Å². The number of ether oxygens (including phenoxy) is 2. The third-order valence-electron chi connectivity index (χ3n) is 8.43. The zero-order chi connectivity index (χ0) is 40.1. The monoisotopic (exact) mass is 785 g/mol. The van der Waals surface area contributed by atoms with Crippen molar-refractivity contribution in [1.29, 1.82) is 0 Å². The van der Waals surface area contributed by atoms with Gasteiger partial charge in [0.1, 0.15) is 12.6 Å². The van der Waals surface area contributed by atoms with Gasteiger partial charge in [-0.2, -0.15) is 0 Å². The smallest absolute Gasteiger partial charge is 0.472 e. The molecule has 0 aromatic carbocycles. The van der Waals surface area contributed by atoms with Crippen molar-refractivity contribution in [2.24, 2.45) is 5.73 Å². The summed E-state index contributed by atoms with van der Waals surface area (Å²) in [5.74, 6) is -2.49. The lowest BCUT2D eigenvalue weighted by Crippen LogP contribution is -2.34. The summed E-state index contributed by atoms with van der Waals surface area (Å²) in [4.78, 5) is 45.8. The van der Waals surface area contributed by atoms with Gasteiger partial charge in [-0.1, -0.05) is 152 Å². The second-order valence-electron chi connectivity index (χ2n) is 13.6. The molecule has 1 unspecified atom stereocenters. The average Bonchev–Trinajstić information content (AvgIpc) is 3.14. The largest absolute Gasteiger partial charge is 0.480 e. The van der Waals surface area contributed by atoms with Crippen LogP contribution in [0.5, 0.6) is 0 Å². The number of phosphoric ester groups is 1. The molecule has 0 aliphatic rings. The van der Waals surface area contributed by atoms with Crippen molar-refractivity contribution in [3.8, 4) is 0 Å². The highest BCUT2D eigenvalue weighted by Crippen LogP contribution is 2.43. The fraction of sp³-hybridized carbons (Fsp3) is 0.732. The third kappa shape index (κ3) is 35.1. The summed E-state index contributed by atoms with van der Waals surface area (Å²) < 4.78 is 32.5. The van der Waals surface area contributed by atoms with Crippen LogP contribution >= 0.6 is 7.82 Å². The lowest BCUT2D eigenvalue weighted by Gasteiger charge is -2.20. The van der Waals surface area contributed by atoms with Crippen LogP contribution in [-0.2, 0) is 37.5 Å². The molecule has 0 rings (SSSR count). The second kappa shape index (κ2) is 36.1. The van der Waals surface area contributed by atoms with E-state index in [1.54, 1.807) is 0 Å². The van der Waals surface area contributed by atoms with Gasteiger partial charge < -0.3 is 30.3 Å². The first kappa shape index (κ1) is 51.4. The summed E-state index contributed by atoms with van der Waals surface area (Å²) in [6.45, 7) is 2.59. The van der Waals surface area contributed by atoms with E-state index in [0.717, 1.165) is 57.8 Å². The number of nitrogens with two attached hydrogens (primary N) is 1. The average molecular weight is 786 g/mol. The number of esters is 2. The third-order valence-corrected chi connectivity index (χ3v) is 9.38. The van der Waals surface area contributed by atoms with Gasteiger partial charge in [-0.3, -0.25) is 23.4 Å². The summed E-state index contributed by atoms with van der Waals surface area (Å²) in [5.41, 5.74) is 5.31. The van der Waals surface area contributed by atoms with E-state index in [1.165, 1.54) is 51.4 Å². The van der Waals surface area contributed by atoms with E-state index in [0.29, 0.717) is 19.3 Å². The molecular weight excluding hydrogens is 713 g/mol. The molecule has 0 aliphatic heterocycles. The first-order chi connectivity index (χ1) is 26.0.